The largest absolute Gasteiger partial charge is 0.478 e. The summed E-state index contributed by atoms with van der Waals surface area (Å²) in [5.41, 5.74) is 6.80. The molecular formula is C12H16N2O3. The van der Waals surface area contributed by atoms with Gasteiger partial charge in [0.2, 0.25) is 0 Å². The van der Waals surface area contributed by atoms with Crippen LogP contribution < -0.4 is 11.1 Å². The third kappa shape index (κ3) is 2.88. The van der Waals surface area contributed by atoms with Gasteiger partial charge in [-0.15, -0.1) is 0 Å². The van der Waals surface area contributed by atoms with E-state index in [1.54, 1.807) is 12.1 Å². The van der Waals surface area contributed by atoms with Crippen LogP contribution in [0.3, 0.4) is 0 Å². The summed E-state index contributed by atoms with van der Waals surface area (Å²) >= 11 is 0. The number of nitrogens with one attached hydrogen (secondary N) is 1. The summed E-state index contributed by atoms with van der Waals surface area (Å²) in [6.45, 7) is 1.42. The Hall–Kier alpha value is -1.75. The van der Waals surface area contributed by atoms with Gasteiger partial charge in [-0.3, -0.25) is 0 Å². The molecule has 0 aliphatic carbocycles. The smallest absolute Gasteiger partial charge is 0.337 e. The van der Waals surface area contributed by atoms with Gasteiger partial charge in [0, 0.05) is 24.5 Å². The fourth-order valence-electron chi connectivity index (χ4n) is 1.92. The van der Waals surface area contributed by atoms with Crippen molar-refractivity contribution in [3.63, 3.8) is 0 Å². The molecule has 1 aliphatic rings. The molecule has 1 fully saturated rings. The third-order valence-electron chi connectivity index (χ3n) is 2.82. The Morgan fingerprint density at radius 3 is 3.06 bits per heavy atom. The zero-order chi connectivity index (χ0) is 12.3. The minimum Gasteiger partial charge on any atom is -0.478 e. The molecule has 1 aliphatic heterocycles. The Labute approximate surface area is 99.6 Å². The second-order valence-corrected chi connectivity index (χ2v) is 4.13. The maximum atomic E-state index is 11.0. The second-order valence-electron chi connectivity index (χ2n) is 4.13. The first-order chi connectivity index (χ1) is 8.16. The van der Waals surface area contributed by atoms with Crippen LogP contribution in [0, 0.1) is 0 Å². The fraction of sp³-hybridized carbons (Fsp3) is 0.417. The van der Waals surface area contributed by atoms with Crippen molar-refractivity contribution in [2.24, 2.45) is 0 Å². The number of carbonyl (C=O) groups is 1. The highest BCUT2D eigenvalue weighted by molar-refractivity contribution is 5.95. The Kier molecular flexibility index (Phi) is 3.49. The Balaban J connectivity index is 2.06. The zero-order valence-corrected chi connectivity index (χ0v) is 9.48. The van der Waals surface area contributed by atoms with Gasteiger partial charge in [0.25, 0.3) is 0 Å². The number of anilines is 2. The number of hydrogen-bond acceptors (Lipinski definition) is 4. The molecule has 1 aromatic carbocycles. The highest BCUT2D eigenvalue weighted by Crippen LogP contribution is 2.20. The molecular weight excluding hydrogens is 220 g/mol. The summed E-state index contributed by atoms with van der Waals surface area (Å²) < 4.78 is 5.46. The van der Waals surface area contributed by atoms with Crippen LogP contribution in [-0.2, 0) is 4.74 Å². The van der Waals surface area contributed by atoms with Crippen LogP contribution in [0.2, 0.25) is 0 Å². The molecule has 1 atom stereocenters. The molecule has 0 amide bonds. The van der Waals surface area contributed by atoms with E-state index >= 15 is 0 Å². The van der Waals surface area contributed by atoms with Gasteiger partial charge in [-0.25, -0.2) is 4.79 Å². The molecule has 2 rings (SSSR count). The van der Waals surface area contributed by atoms with Gasteiger partial charge in [-0.05, 0) is 31.0 Å². The Morgan fingerprint density at radius 2 is 2.41 bits per heavy atom. The predicted octanol–water partition coefficient (Wildman–Crippen LogP) is 1.56. The van der Waals surface area contributed by atoms with Crippen LogP contribution in [0.4, 0.5) is 11.4 Å². The standard InChI is InChI=1S/C12H16N2O3/c13-8-3-4-11(10(6-8)12(15)16)14-7-9-2-1-5-17-9/h3-4,6,9,14H,1-2,5,7,13H2,(H,15,16). The lowest BCUT2D eigenvalue weighted by Crippen LogP contribution is -2.19. The number of hydrogen-bond donors (Lipinski definition) is 3. The molecule has 17 heavy (non-hydrogen) atoms. The highest BCUT2D eigenvalue weighted by Gasteiger charge is 2.16. The monoisotopic (exact) mass is 236 g/mol. The van der Waals surface area contributed by atoms with Gasteiger partial charge < -0.3 is 20.9 Å². The maximum absolute atomic E-state index is 11.0. The van der Waals surface area contributed by atoms with Gasteiger partial charge in [0.1, 0.15) is 0 Å². The molecule has 0 radical (unpaired) electrons. The summed E-state index contributed by atoms with van der Waals surface area (Å²) in [5.74, 6) is -0.979. The SMILES string of the molecule is Nc1ccc(NCC2CCCO2)c(C(=O)O)c1. The first-order valence-electron chi connectivity index (χ1n) is 5.65. The number of carboxylic acid groups (broad SMARTS) is 1. The number of nitrogens with two attached hydrogens (primary N) is 1. The normalized spacial score (nSPS) is 19.2. The zero-order valence-electron chi connectivity index (χ0n) is 9.48. The molecule has 0 spiro atoms. The number of ether oxygens (including phenoxy) is 1. The van der Waals surface area contributed by atoms with Gasteiger partial charge in [-0.2, -0.15) is 0 Å². The van der Waals surface area contributed by atoms with Crippen molar-refractivity contribution in [3.8, 4) is 0 Å². The van der Waals surface area contributed by atoms with E-state index in [0.29, 0.717) is 17.9 Å². The van der Waals surface area contributed by atoms with Gasteiger partial charge in [-0.1, -0.05) is 0 Å². The molecule has 5 nitrogen and oxygen atoms in total. The number of nitrogen functional groups attached to an aromatic ring is 1. The van der Waals surface area contributed by atoms with Crippen LogP contribution in [-0.4, -0.2) is 30.3 Å². The van der Waals surface area contributed by atoms with E-state index in [1.807, 2.05) is 0 Å². The van der Waals surface area contributed by atoms with Gasteiger partial charge >= 0.3 is 5.97 Å². The Bertz CT molecular complexity index is 414. The van der Waals surface area contributed by atoms with E-state index in [4.69, 9.17) is 15.6 Å². The quantitative estimate of drug-likeness (QED) is 0.691. The predicted molar refractivity (Wildman–Crippen MR) is 65.3 cm³/mol. The summed E-state index contributed by atoms with van der Waals surface area (Å²) in [6.07, 6.45) is 2.26. The molecule has 0 bridgehead atoms. The van der Waals surface area contributed by atoms with Crippen LogP contribution >= 0.6 is 0 Å². The van der Waals surface area contributed by atoms with Crippen LogP contribution in [0.5, 0.6) is 0 Å². The van der Waals surface area contributed by atoms with Crippen molar-refractivity contribution >= 4 is 17.3 Å². The average molecular weight is 236 g/mol. The third-order valence-corrected chi connectivity index (χ3v) is 2.82. The van der Waals surface area contributed by atoms with E-state index in [2.05, 4.69) is 5.32 Å². The van der Waals surface area contributed by atoms with Crippen LogP contribution in [0.1, 0.15) is 23.2 Å². The first kappa shape index (κ1) is 11.7. The van der Waals surface area contributed by atoms with E-state index in [9.17, 15) is 4.79 Å². The van der Waals surface area contributed by atoms with Gasteiger partial charge in [0.05, 0.1) is 11.7 Å². The minimum atomic E-state index is -0.979. The van der Waals surface area contributed by atoms with E-state index < -0.39 is 5.97 Å². The lowest BCUT2D eigenvalue weighted by Gasteiger charge is -2.14. The summed E-state index contributed by atoms with van der Waals surface area (Å²) in [4.78, 5) is 11.0. The highest BCUT2D eigenvalue weighted by atomic mass is 16.5. The maximum Gasteiger partial charge on any atom is 0.337 e. The first-order valence-corrected chi connectivity index (χ1v) is 5.65. The van der Waals surface area contributed by atoms with E-state index in [0.717, 1.165) is 19.4 Å². The topological polar surface area (TPSA) is 84.6 Å². The number of aromatic carboxylic acids is 1. The summed E-state index contributed by atoms with van der Waals surface area (Å²) in [6, 6.07) is 4.83. The van der Waals surface area contributed by atoms with E-state index in [-0.39, 0.29) is 11.7 Å². The van der Waals surface area contributed by atoms with Crippen molar-refractivity contribution in [3.05, 3.63) is 23.8 Å². The molecule has 1 heterocycles. The minimum absolute atomic E-state index is 0.175. The molecule has 0 saturated carbocycles. The van der Waals surface area contributed by atoms with E-state index in [1.165, 1.54) is 6.07 Å². The van der Waals surface area contributed by atoms with Gasteiger partial charge in [0.15, 0.2) is 0 Å². The van der Waals surface area contributed by atoms with Crippen molar-refractivity contribution in [1.29, 1.82) is 0 Å². The van der Waals surface area contributed by atoms with Crippen molar-refractivity contribution < 1.29 is 14.6 Å². The van der Waals surface area contributed by atoms with Crippen molar-refractivity contribution in [2.75, 3.05) is 24.2 Å². The lowest BCUT2D eigenvalue weighted by molar-refractivity contribution is 0.0697. The second kappa shape index (κ2) is 5.05. The molecule has 4 N–H and O–H groups in total. The number of benzene rings is 1. The molecule has 1 saturated heterocycles. The summed E-state index contributed by atoms with van der Waals surface area (Å²) in [5, 5.41) is 12.2. The van der Waals surface area contributed by atoms with Crippen molar-refractivity contribution in [1.82, 2.24) is 0 Å². The number of rotatable bonds is 4. The molecule has 5 heteroatoms. The van der Waals surface area contributed by atoms with Crippen LogP contribution in [0.15, 0.2) is 18.2 Å². The summed E-state index contributed by atoms with van der Waals surface area (Å²) in [7, 11) is 0. The van der Waals surface area contributed by atoms with Crippen molar-refractivity contribution in [2.45, 2.75) is 18.9 Å². The Morgan fingerprint density at radius 1 is 1.59 bits per heavy atom. The average Bonchev–Trinajstić information content (AvgIpc) is 2.80. The number of carboxylic acids is 1. The molecule has 0 aromatic heterocycles. The molecule has 1 aromatic rings. The fourth-order valence-corrected chi connectivity index (χ4v) is 1.92. The molecule has 92 valence electrons. The lowest BCUT2D eigenvalue weighted by atomic mass is 10.1. The van der Waals surface area contributed by atoms with Crippen LogP contribution in [0.25, 0.3) is 0 Å². The molecule has 1 unspecified atom stereocenters.